The van der Waals surface area contributed by atoms with Crippen molar-refractivity contribution in [2.75, 3.05) is 0 Å². The number of hydrogen-bond donors (Lipinski definition) is 0. The molecule has 1 nitrogen and oxygen atoms in total. The van der Waals surface area contributed by atoms with Crippen LogP contribution in [0.4, 0.5) is 0 Å². The largest absolute Gasteiger partial charge is 0.456 e. The predicted octanol–water partition coefficient (Wildman–Crippen LogP) is 6.00. The van der Waals surface area contributed by atoms with E-state index in [0.717, 1.165) is 6.42 Å². The lowest BCUT2D eigenvalue weighted by molar-refractivity contribution is 0.534. The molecular formula is C15H35OSi2. The second-order valence-corrected chi connectivity index (χ2v) is 16.1. The first kappa shape index (κ1) is 18.4. The molecule has 0 heterocycles. The Labute approximate surface area is 118 Å². The Morgan fingerprint density at radius 3 is 1.61 bits per heavy atom. The van der Waals surface area contributed by atoms with Crippen LogP contribution in [0.5, 0.6) is 0 Å². The molecular weight excluding hydrogens is 252 g/mol. The molecule has 0 saturated heterocycles. The molecule has 0 aromatic heterocycles. The topological polar surface area (TPSA) is 9.23 Å². The van der Waals surface area contributed by atoms with E-state index in [1.54, 1.807) is 0 Å². The lowest BCUT2D eigenvalue weighted by Crippen LogP contribution is -2.42. The highest BCUT2D eigenvalue weighted by molar-refractivity contribution is 6.84. The molecule has 0 aliphatic rings. The zero-order chi connectivity index (χ0) is 14.1. The Hall–Kier alpha value is 0.394. The summed E-state index contributed by atoms with van der Waals surface area (Å²) in [5.74, 6) is 0. The summed E-state index contributed by atoms with van der Waals surface area (Å²) in [6.07, 6.45) is 10.8. The molecule has 18 heavy (non-hydrogen) atoms. The van der Waals surface area contributed by atoms with Crippen molar-refractivity contribution >= 4 is 16.6 Å². The lowest BCUT2D eigenvalue weighted by Gasteiger charge is -2.31. The van der Waals surface area contributed by atoms with Crippen LogP contribution in [0.2, 0.25) is 38.8 Å². The summed E-state index contributed by atoms with van der Waals surface area (Å²) in [4.78, 5) is 0. The molecule has 3 heteroatoms. The molecule has 1 radical (unpaired) electrons. The Bertz CT molecular complexity index is 197. The molecule has 0 N–H and O–H groups in total. The molecule has 0 aliphatic heterocycles. The SMILES string of the molecule is [CH2]CCCCCCCCC[Si](C)(C)O[Si](C)(C)C. The van der Waals surface area contributed by atoms with E-state index in [-0.39, 0.29) is 0 Å². The molecule has 0 rings (SSSR count). The summed E-state index contributed by atoms with van der Waals surface area (Å²) >= 11 is 0. The highest BCUT2D eigenvalue weighted by Crippen LogP contribution is 2.21. The predicted molar refractivity (Wildman–Crippen MR) is 89.0 cm³/mol. The maximum Gasteiger partial charge on any atom is 0.173 e. The fraction of sp³-hybridized carbons (Fsp3) is 0.933. The van der Waals surface area contributed by atoms with Crippen LogP contribution >= 0.6 is 0 Å². The van der Waals surface area contributed by atoms with Crippen LogP contribution in [0.25, 0.3) is 0 Å². The third-order valence-corrected chi connectivity index (χ3v) is 9.33. The Kier molecular flexibility index (Phi) is 9.53. The van der Waals surface area contributed by atoms with Crippen molar-refractivity contribution < 1.29 is 4.12 Å². The first-order valence-electron chi connectivity index (χ1n) is 7.76. The van der Waals surface area contributed by atoms with Crippen molar-refractivity contribution in [1.29, 1.82) is 0 Å². The third kappa shape index (κ3) is 12.8. The molecule has 0 spiro atoms. The highest BCUT2D eigenvalue weighted by atomic mass is 28.4. The Balaban J connectivity index is 3.47. The monoisotopic (exact) mass is 287 g/mol. The van der Waals surface area contributed by atoms with Crippen molar-refractivity contribution in [3.63, 3.8) is 0 Å². The van der Waals surface area contributed by atoms with Crippen LogP contribution in [0.3, 0.4) is 0 Å². The fourth-order valence-electron chi connectivity index (χ4n) is 2.49. The zero-order valence-corrected chi connectivity index (χ0v) is 15.5. The minimum Gasteiger partial charge on any atom is -0.456 e. The van der Waals surface area contributed by atoms with Crippen LogP contribution in [-0.4, -0.2) is 16.6 Å². The quantitative estimate of drug-likeness (QED) is 0.334. The van der Waals surface area contributed by atoms with Gasteiger partial charge in [-0.25, -0.2) is 0 Å². The van der Waals surface area contributed by atoms with Gasteiger partial charge in [0.1, 0.15) is 0 Å². The normalized spacial score (nSPS) is 13.0. The second kappa shape index (κ2) is 9.32. The molecule has 0 aliphatic carbocycles. The average molecular weight is 288 g/mol. The van der Waals surface area contributed by atoms with Crippen molar-refractivity contribution in [3.05, 3.63) is 6.92 Å². The summed E-state index contributed by atoms with van der Waals surface area (Å²) in [6, 6.07) is 1.34. The number of rotatable bonds is 11. The van der Waals surface area contributed by atoms with Gasteiger partial charge in [-0.2, -0.15) is 0 Å². The van der Waals surface area contributed by atoms with Crippen molar-refractivity contribution in [2.24, 2.45) is 0 Å². The van der Waals surface area contributed by atoms with E-state index in [4.69, 9.17) is 4.12 Å². The summed E-state index contributed by atoms with van der Waals surface area (Å²) in [6.45, 7) is 15.6. The first-order valence-corrected chi connectivity index (χ1v) is 14.3. The van der Waals surface area contributed by atoms with Crippen molar-refractivity contribution in [3.8, 4) is 0 Å². The van der Waals surface area contributed by atoms with Crippen LogP contribution in [0.15, 0.2) is 0 Å². The molecule has 0 aromatic carbocycles. The van der Waals surface area contributed by atoms with Crippen molar-refractivity contribution in [1.82, 2.24) is 0 Å². The molecule has 0 atom stereocenters. The van der Waals surface area contributed by atoms with Gasteiger partial charge in [-0.15, -0.1) is 0 Å². The molecule has 0 amide bonds. The molecule has 109 valence electrons. The maximum absolute atomic E-state index is 6.36. The first-order chi connectivity index (χ1) is 8.27. The fourth-order valence-corrected chi connectivity index (χ4v) is 10.6. The van der Waals surface area contributed by atoms with Gasteiger partial charge < -0.3 is 4.12 Å². The summed E-state index contributed by atoms with van der Waals surface area (Å²) in [7, 11) is -2.69. The van der Waals surface area contributed by atoms with Gasteiger partial charge in [0.05, 0.1) is 0 Å². The van der Waals surface area contributed by atoms with Gasteiger partial charge in [0.15, 0.2) is 16.6 Å². The molecule has 0 bridgehead atoms. The lowest BCUT2D eigenvalue weighted by atomic mass is 10.1. The van der Waals surface area contributed by atoms with Gasteiger partial charge in [0, 0.05) is 0 Å². The highest BCUT2D eigenvalue weighted by Gasteiger charge is 2.28. The van der Waals surface area contributed by atoms with E-state index >= 15 is 0 Å². The standard InChI is InChI=1S/C15H35OSi2/c1-7-8-9-10-11-12-13-14-15-18(5,6)16-17(2,3)4/h1,7-15H2,2-6H3. The van der Waals surface area contributed by atoms with Crippen LogP contribution in [0.1, 0.15) is 51.4 Å². The van der Waals surface area contributed by atoms with E-state index in [1.807, 2.05) is 0 Å². The van der Waals surface area contributed by atoms with Gasteiger partial charge in [0.2, 0.25) is 0 Å². The van der Waals surface area contributed by atoms with Crippen LogP contribution in [0, 0.1) is 6.92 Å². The average Bonchev–Trinajstić information content (AvgIpc) is 2.18. The smallest absolute Gasteiger partial charge is 0.173 e. The molecule has 0 unspecified atom stereocenters. The van der Waals surface area contributed by atoms with E-state index in [9.17, 15) is 0 Å². The van der Waals surface area contributed by atoms with E-state index in [0.29, 0.717) is 0 Å². The van der Waals surface area contributed by atoms with Crippen molar-refractivity contribution in [2.45, 2.75) is 90.1 Å². The van der Waals surface area contributed by atoms with E-state index in [1.165, 1.54) is 51.0 Å². The molecule has 0 fully saturated rings. The van der Waals surface area contributed by atoms with E-state index in [2.05, 4.69) is 39.7 Å². The summed E-state index contributed by atoms with van der Waals surface area (Å²) < 4.78 is 6.36. The van der Waals surface area contributed by atoms with Crippen LogP contribution in [-0.2, 0) is 4.12 Å². The maximum atomic E-state index is 6.36. The Morgan fingerprint density at radius 2 is 1.17 bits per heavy atom. The second-order valence-electron chi connectivity index (χ2n) is 7.05. The van der Waals surface area contributed by atoms with E-state index < -0.39 is 16.6 Å². The van der Waals surface area contributed by atoms with Gasteiger partial charge in [-0.05, 0) is 38.8 Å². The van der Waals surface area contributed by atoms with Gasteiger partial charge >= 0.3 is 0 Å². The zero-order valence-electron chi connectivity index (χ0n) is 13.5. The van der Waals surface area contributed by atoms with Crippen LogP contribution < -0.4 is 0 Å². The molecule has 0 saturated carbocycles. The third-order valence-electron chi connectivity index (χ3n) is 3.11. The van der Waals surface area contributed by atoms with Gasteiger partial charge in [0.25, 0.3) is 0 Å². The molecule has 0 aromatic rings. The minimum atomic E-state index is -1.37. The minimum absolute atomic E-state index is 1.10. The number of unbranched alkanes of at least 4 members (excludes halogenated alkanes) is 7. The summed E-state index contributed by atoms with van der Waals surface area (Å²) in [5.41, 5.74) is 0. The summed E-state index contributed by atoms with van der Waals surface area (Å²) in [5, 5.41) is 0. The van der Waals surface area contributed by atoms with Gasteiger partial charge in [-0.1, -0.05) is 58.3 Å². The Morgan fingerprint density at radius 1 is 0.722 bits per heavy atom. The van der Waals surface area contributed by atoms with Gasteiger partial charge in [-0.3, -0.25) is 0 Å². The number of hydrogen-bond acceptors (Lipinski definition) is 1.